The average Bonchev–Trinajstić information content (AvgIpc) is 2.80. The molecule has 2 amide bonds. The Morgan fingerprint density at radius 2 is 1.52 bits per heavy atom. The van der Waals surface area contributed by atoms with Crippen molar-refractivity contribution in [3.05, 3.63) is 59.8 Å². The molecule has 6 nitrogen and oxygen atoms in total. The van der Waals surface area contributed by atoms with Crippen molar-refractivity contribution in [2.45, 2.75) is 25.7 Å². The van der Waals surface area contributed by atoms with Crippen LogP contribution in [0.4, 0.5) is 5.82 Å². The number of piperidine rings is 1. The summed E-state index contributed by atoms with van der Waals surface area (Å²) in [5.41, 5.74) is 1.72. The van der Waals surface area contributed by atoms with Crippen LogP contribution in [0.5, 0.6) is 0 Å². The van der Waals surface area contributed by atoms with Crippen molar-refractivity contribution in [3.8, 4) is 0 Å². The first-order valence-electron chi connectivity index (χ1n) is 10.5. The van der Waals surface area contributed by atoms with Crippen molar-refractivity contribution in [1.82, 2.24) is 14.8 Å². The Labute approximate surface area is 172 Å². The Morgan fingerprint density at radius 1 is 0.793 bits per heavy atom. The van der Waals surface area contributed by atoms with E-state index in [4.69, 9.17) is 0 Å². The van der Waals surface area contributed by atoms with E-state index in [1.807, 2.05) is 52.3 Å². The fraction of sp³-hybridized carbons (Fsp3) is 0.435. The molecule has 4 rings (SSSR count). The highest BCUT2D eigenvalue weighted by Gasteiger charge is 2.27. The van der Waals surface area contributed by atoms with Gasteiger partial charge in [-0.3, -0.25) is 9.59 Å². The number of nitrogens with zero attached hydrogens (tertiary/aromatic N) is 4. The monoisotopic (exact) mass is 392 g/mol. The van der Waals surface area contributed by atoms with Crippen LogP contribution in [0, 0.1) is 0 Å². The van der Waals surface area contributed by atoms with Gasteiger partial charge >= 0.3 is 0 Å². The molecule has 0 atom stereocenters. The number of carbonyl (C=O) groups is 2. The summed E-state index contributed by atoms with van der Waals surface area (Å²) >= 11 is 0. The number of anilines is 1. The first-order valence-corrected chi connectivity index (χ1v) is 10.5. The Hall–Kier alpha value is -2.89. The summed E-state index contributed by atoms with van der Waals surface area (Å²) in [6, 6.07) is 13.6. The number of carbonyl (C=O) groups excluding carboxylic acids is 2. The van der Waals surface area contributed by atoms with Gasteiger partial charge < -0.3 is 14.7 Å². The second kappa shape index (κ2) is 9.07. The highest BCUT2D eigenvalue weighted by molar-refractivity contribution is 5.99. The number of aromatic nitrogens is 1. The number of likely N-dealkylation sites (tertiary alicyclic amines) is 1. The van der Waals surface area contributed by atoms with Crippen molar-refractivity contribution in [1.29, 1.82) is 0 Å². The molecule has 0 radical (unpaired) electrons. The van der Waals surface area contributed by atoms with E-state index in [1.165, 1.54) is 6.42 Å². The highest BCUT2D eigenvalue weighted by atomic mass is 16.2. The summed E-state index contributed by atoms with van der Waals surface area (Å²) in [4.78, 5) is 36.2. The van der Waals surface area contributed by atoms with Crippen LogP contribution in [0.3, 0.4) is 0 Å². The third-order valence-corrected chi connectivity index (χ3v) is 5.79. The summed E-state index contributed by atoms with van der Waals surface area (Å²) in [7, 11) is 0. The number of amides is 2. The number of hydrogen-bond acceptors (Lipinski definition) is 4. The van der Waals surface area contributed by atoms with Crippen LogP contribution < -0.4 is 4.90 Å². The molecule has 2 aliphatic rings. The van der Waals surface area contributed by atoms with Gasteiger partial charge in [-0.15, -0.1) is 0 Å². The van der Waals surface area contributed by atoms with Gasteiger partial charge in [-0.05, 0) is 37.0 Å². The lowest BCUT2D eigenvalue weighted by Crippen LogP contribution is -2.50. The lowest BCUT2D eigenvalue weighted by molar-refractivity contribution is -0.130. The third-order valence-electron chi connectivity index (χ3n) is 5.79. The van der Waals surface area contributed by atoms with Crippen LogP contribution >= 0.6 is 0 Å². The van der Waals surface area contributed by atoms with Crippen LogP contribution in [-0.2, 0) is 11.2 Å². The van der Waals surface area contributed by atoms with Crippen molar-refractivity contribution < 1.29 is 9.59 Å². The van der Waals surface area contributed by atoms with Crippen molar-refractivity contribution in [2.24, 2.45) is 0 Å². The number of benzene rings is 1. The highest BCUT2D eigenvalue weighted by Crippen LogP contribution is 2.22. The molecule has 0 N–H and O–H groups in total. The van der Waals surface area contributed by atoms with Gasteiger partial charge in [-0.25, -0.2) is 4.98 Å². The molecule has 2 aliphatic heterocycles. The number of pyridine rings is 1. The summed E-state index contributed by atoms with van der Waals surface area (Å²) in [6.07, 6.45) is 5.52. The van der Waals surface area contributed by atoms with E-state index in [-0.39, 0.29) is 11.8 Å². The second-order valence-corrected chi connectivity index (χ2v) is 7.76. The van der Waals surface area contributed by atoms with Crippen LogP contribution in [0.15, 0.2) is 48.7 Å². The first kappa shape index (κ1) is 19.4. The summed E-state index contributed by atoms with van der Waals surface area (Å²) in [6.45, 7) is 4.35. The third kappa shape index (κ3) is 4.58. The maximum atomic E-state index is 13.0. The van der Waals surface area contributed by atoms with E-state index in [0.29, 0.717) is 38.2 Å². The van der Waals surface area contributed by atoms with Crippen LogP contribution in [0.25, 0.3) is 0 Å². The van der Waals surface area contributed by atoms with Gasteiger partial charge in [0, 0.05) is 45.5 Å². The molecule has 2 aromatic rings. The van der Waals surface area contributed by atoms with Gasteiger partial charge in [-0.2, -0.15) is 0 Å². The molecule has 0 bridgehead atoms. The Bertz CT molecular complexity index is 841. The molecule has 2 saturated heterocycles. The Balaban J connectivity index is 1.40. The van der Waals surface area contributed by atoms with Gasteiger partial charge in [0.25, 0.3) is 5.91 Å². The molecule has 0 aliphatic carbocycles. The van der Waals surface area contributed by atoms with E-state index in [2.05, 4.69) is 9.88 Å². The first-order chi connectivity index (χ1) is 14.2. The number of rotatable bonds is 4. The average molecular weight is 393 g/mol. The fourth-order valence-electron chi connectivity index (χ4n) is 4.13. The zero-order chi connectivity index (χ0) is 20.1. The lowest BCUT2D eigenvalue weighted by atomic mass is 10.1. The normalized spacial score (nSPS) is 17.3. The minimum absolute atomic E-state index is 0.0791. The predicted molar refractivity (Wildman–Crippen MR) is 113 cm³/mol. The van der Waals surface area contributed by atoms with E-state index < -0.39 is 0 Å². The van der Waals surface area contributed by atoms with E-state index in [0.717, 1.165) is 37.3 Å². The Kier molecular flexibility index (Phi) is 6.08. The molecule has 6 heteroatoms. The van der Waals surface area contributed by atoms with Crippen molar-refractivity contribution in [2.75, 3.05) is 44.2 Å². The van der Waals surface area contributed by atoms with Gasteiger partial charge in [-0.1, -0.05) is 30.3 Å². The molecule has 1 aromatic heterocycles. The minimum atomic E-state index is 0.0791. The summed E-state index contributed by atoms with van der Waals surface area (Å²) in [5.74, 6) is 0.982. The largest absolute Gasteiger partial charge is 0.352 e. The van der Waals surface area contributed by atoms with E-state index in [1.54, 1.807) is 6.20 Å². The summed E-state index contributed by atoms with van der Waals surface area (Å²) < 4.78 is 0. The van der Waals surface area contributed by atoms with E-state index >= 15 is 0 Å². The van der Waals surface area contributed by atoms with E-state index in [9.17, 15) is 9.59 Å². The van der Waals surface area contributed by atoms with Gasteiger partial charge in [0.15, 0.2) is 0 Å². The van der Waals surface area contributed by atoms with Gasteiger partial charge in [0.05, 0.1) is 12.0 Å². The lowest BCUT2D eigenvalue weighted by Gasteiger charge is -2.36. The maximum absolute atomic E-state index is 13.0. The predicted octanol–water partition coefficient (Wildman–Crippen LogP) is 2.60. The molecule has 152 valence electrons. The zero-order valence-electron chi connectivity index (χ0n) is 16.8. The number of hydrogen-bond donors (Lipinski definition) is 0. The van der Waals surface area contributed by atoms with Crippen LogP contribution in [-0.4, -0.2) is 65.9 Å². The fourth-order valence-corrected chi connectivity index (χ4v) is 4.13. The SMILES string of the molecule is O=C(Cc1ccccc1)N1CCN(c2ncccc2C(=O)N2CCCCC2)CC1. The van der Waals surface area contributed by atoms with Gasteiger partial charge in [0.2, 0.25) is 5.91 Å². The Morgan fingerprint density at radius 3 is 2.24 bits per heavy atom. The maximum Gasteiger partial charge on any atom is 0.257 e. The molecule has 0 unspecified atom stereocenters. The molecular formula is C23H28N4O2. The molecule has 2 fully saturated rings. The van der Waals surface area contributed by atoms with Crippen LogP contribution in [0.2, 0.25) is 0 Å². The molecule has 0 saturated carbocycles. The molecule has 0 spiro atoms. The topological polar surface area (TPSA) is 56.8 Å². The molecule has 1 aromatic carbocycles. The quantitative estimate of drug-likeness (QED) is 0.803. The second-order valence-electron chi connectivity index (χ2n) is 7.76. The molecule has 3 heterocycles. The smallest absolute Gasteiger partial charge is 0.257 e. The van der Waals surface area contributed by atoms with Gasteiger partial charge in [0.1, 0.15) is 5.82 Å². The molecule has 29 heavy (non-hydrogen) atoms. The molecular weight excluding hydrogens is 364 g/mol. The zero-order valence-corrected chi connectivity index (χ0v) is 16.8. The minimum Gasteiger partial charge on any atom is -0.352 e. The summed E-state index contributed by atoms with van der Waals surface area (Å²) in [5, 5.41) is 0. The van der Waals surface area contributed by atoms with Crippen LogP contribution in [0.1, 0.15) is 35.2 Å². The number of piperazine rings is 1. The van der Waals surface area contributed by atoms with Crippen molar-refractivity contribution in [3.63, 3.8) is 0 Å². The standard InChI is InChI=1S/C23H28N4O2/c28-21(18-19-8-3-1-4-9-19)25-14-16-26(17-15-25)22-20(10-7-11-24-22)23(29)27-12-5-2-6-13-27/h1,3-4,7-11H,2,5-6,12-18H2. The van der Waals surface area contributed by atoms with Crippen molar-refractivity contribution >= 4 is 17.6 Å².